The first-order chi connectivity index (χ1) is 11.7. The van der Waals surface area contributed by atoms with Gasteiger partial charge in [-0.1, -0.05) is 12.1 Å². The number of methoxy groups -OCH3 is 1. The third kappa shape index (κ3) is 3.60. The van der Waals surface area contributed by atoms with E-state index >= 15 is 0 Å². The second-order valence-corrected chi connectivity index (χ2v) is 5.56. The van der Waals surface area contributed by atoms with Crippen LogP contribution >= 0.6 is 12.2 Å². The number of pyridine rings is 1. The fourth-order valence-electron chi connectivity index (χ4n) is 2.33. The Labute approximate surface area is 145 Å². The van der Waals surface area contributed by atoms with E-state index in [0.29, 0.717) is 13.0 Å². The second-order valence-electron chi connectivity index (χ2n) is 5.21. The summed E-state index contributed by atoms with van der Waals surface area (Å²) in [4.78, 5) is 17.9. The zero-order valence-electron chi connectivity index (χ0n) is 13.1. The van der Waals surface area contributed by atoms with E-state index in [1.165, 1.54) is 4.90 Å². The summed E-state index contributed by atoms with van der Waals surface area (Å²) >= 11 is 5.18. The predicted octanol–water partition coefficient (Wildman–Crippen LogP) is 2.82. The van der Waals surface area contributed by atoms with Gasteiger partial charge in [-0.3, -0.25) is 14.7 Å². The van der Waals surface area contributed by atoms with E-state index < -0.39 is 0 Å². The molecule has 0 spiro atoms. The summed E-state index contributed by atoms with van der Waals surface area (Å²) in [5.41, 5.74) is 1.94. The molecule has 1 aromatic heterocycles. The SMILES string of the molecule is COc1ccc(C=C2OC(=S)N(CCc3ccncc3)C2=O)cc1. The van der Waals surface area contributed by atoms with E-state index in [0.717, 1.165) is 16.9 Å². The summed E-state index contributed by atoms with van der Waals surface area (Å²) in [5.74, 6) is 0.773. The molecule has 2 heterocycles. The molecule has 2 aromatic rings. The van der Waals surface area contributed by atoms with Crippen LogP contribution in [0.25, 0.3) is 6.08 Å². The Balaban J connectivity index is 1.69. The molecule has 1 aliphatic heterocycles. The third-order valence-corrected chi connectivity index (χ3v) is 3.96. The van der Waals surface area contributed by atoms with E-state index in [-0.39, 0.29) is 16.8 Å². The Bertz CT molecular complexity index is 773. The number of hydrogen-bond donors (Lipinski definition) is 0. The molecule has 122 valence electrons. The summed E-state index contributed by atoms with van der Waals surface area (Å²) in [7, 11) is 1.61. The molecule has 0 radical (unpaired) electrons. The van der Waals surface area contributed by atoms with Crippen LogP contribution in [-0.2, 0) is 16.0 Å². The number of carbonyl (C=O) groups excluding carboxylic acids is 1. The van der Waals surface area contributed by atoms with Gasteiger partial charge in [-0.15, -0.1) is 0 Å². The van der Waals surface area contributed by atoms with E-state index in [9.17, 15) is 4.79 Å². The maximum absolute atomic E-state index is 12.5. The number of benzene rings is 1. The molecule has 0 unspecified atom stereocenters. The lowest BCUT2D eigenvalue weighted by molar-refractivity contribution is -0.122. The lowest BCUT2D eigenvalue weighted by Gasteiger charge is -2.11. The minimum absolute atomic E-state index is 0.189. The summed E-state index contributed by atoms with van der Waals surface area (Å²) in [5, 5.41) is 0.189. The van der Waals surface area contributed by atoms with Crippen LogP contribution < -0.4 is 4.74 Å². The lowest BCUT2D eigenvalue weighted by Crippen LogP contribution is -2.30. The Morgan fingerprint density at radius 2 is 1.92 bits per heavy atom. The number of amides is 1. The van der Waals surface area contributed by atoms with Crippen LogP contribution in [0, 0.1) is 0 Å². The first-order valence-electron chi connectivity index (χ1n) is 7.45. The fraction of sp³-hybridized carbons (Fsp3) is 0.167. The number of aromatic nitrogens is 1. The van der Waals surface area contributed by atoms with Gasteiger partial charge >= 0.3 is 0 Å². The largest absolute Gasteiger partial charge is 0.497 e. The van der Waals surface area contributed by atoms with Gasteiger partial charge in [-0.25, -0.2) is 0 Å². The molecule has 6 heteroatoms. The molecule has 1 aromatic carbocycles. The minimum Gasteiger partial charge on any atom is -0.497 e. The van der Waals surface area contributed by atoms with Crippen molar-refractivity contribution in [2.24, 2.45) is 0 Å². The summed E-state index contributed by atoms with van der Waals surface area (Å²) in [6.45, 7) is 0.474. The number of thiocarbonyl (C=S) groups is 1. The number of hydrogen-bond acceptors (Lipinski definition) is 5. The third-order valence-electron chi connectivity index (χ3n) is 3.66. The number of rotatable bonds is 5. The smallest absolute Gasteiger partial charge is 0.297 e. The van der Waals surface area contributed by atoms with Crippen molar-refractivity contribution in [3.63, 3.8) is 0 Å². The topological polar surface area (TPSA) is 51.7 Å². The van der Waals surface area contributed by atoms with Gasteiger partial charge in [0.15, 0.2) is 5.76 Å². The molecular weight excluding hydrogens is 324 g/mol. The first-order valence-corrected chi connectivity index (χ1v) is 7.86. The van der Waals surface area contributed by atoms with Gasteiger partial charge in [0.1, 0.15) is 5.75 Å². The Morgan fingerprint density at radius 3 is 2.58 bits per heavy atom. The Hall–Kier alpha value is -2.73. The Morgan fingerprint density at radius 1 is 1.21 bits per heavy atom. The molecular formula is C18H16N2O3S. The lowest BCUT2D eigenvalue weighted by atomic mass is 10.2. The van der Waals surface area contributed by atoms with Crippen LogP contribution in [0.3, 0.4) is 0 Å². The van der Waals surface area contributed by atoms with Crippen molar-refractivity contribution in [2.75, 3.05) is 13.7 Å². The van der Waals surface area contributed by atoms with Gasteiger partial charge in [0.05, 0.1) is 7.11 Å². The predicted molar refractivity (Wildman–Crippen MR) is 94.3 cm³/mol. The minimum atomic E-state index is -0.218. The molecule has 24 heavy (non-hydrogen) atoms. The van der Waals surface area contributed by atoms with Crippen LogP contribution in [0.1, 0.15) is 11.1 Å². The standard InChI is InChI=1S/C18H16N2O3S/c1-22-15-4-2-14(3-5-15)12-16-17(21)20(18(24)23-16)11-8-13-6-9-19-10-7-13/h2-7,9-10,12H,8,11H2,1H3. The van der Waals surface area contributed by atoms with Gasteiger partial charge in [-0.05, 0) is 60.1 Å². The molecule has 3 rings (SSSR count). The van der Waals surface area contributed by atoms with Crippen molar-refractivity contribution in [2.45, 2.75) is 6.42 Å². The molecule has 5 nitrogen and oxygen atoms in total. The van der Waals surface area contributed by atoms with Crippen molar-refractivity contribution in [1.29, 1.82) is 0 Å². The molecule has 1 saturated heterocycles. The molecule has 0 bridgehead atoms. The molecule has 0 saturated carbocycles. The summed E-state index contributed by atoms with van der Waals surface area (Å²) in [6.07, 6.45) is 5.82. The number of nitrogens with zero attached hydrogens (tertiary/aromatic N) is 2. The quantitative estimate of drug-likeness (QED) is 0.619. The van der Waals surface area contributed by atoms with E-state index in [2.05, 4.69) is 4.98 Å². The van der Waals surface area contributed by atoms with E-state index in [1.54, 1.807) is 25.6 Å². The second kappa shape index (κ2) is 7.23. The molecule has 1 amide bonds. The number of ether oxygens (including phenoxy) is 2. The normalized spacial score (nSPS) is 15.7. The fourth-order valence-corrected chi connectivity index (χ4v) is 2.60. The van der Waals surface area contributed by atoms with E-state index in [4.69, 9.17) is 21.7 Å². The monoisotopic (exact) mass is 340 g/mol. The average Bonchev–Trinajstić information content (AvgIpc) is 2.88. The summed E-state index contributed by atoms with van der Waals surface area (Å²) in [6, 6.07) is 11.2. The zero-order chi connectivity index (χ0) is 16.9. The van der Waals surface area contributed by atoms with Crippen molar-refractivity contribution in [3.05, 3.63) is 65.7 Å². The van der Waals surface area contributed by atoms with Gasteiger partial charge in [0.25, 0.3) is 11.1 Å². The highest BCUT2D eigenvalue weighted by atomic mass is 32.1. The molecule has 0 aliphatic carbocycles. The first kappa shape index (κ1) is 16.1. The maximum atomic E-state index is 12.5. The van der Waals surface area contributed by atoms with Crippen molar-refractivity contribution in [1.82, 2.24) is 9.88 Å². The van der Waals surface area contributed by atoms with Crippen LogP contribution in [0.5, 0.6) is 5.75 Å². The van der Waals surface area contributed by atoms with Crippen LogP contribution in [0.4, 0.5) is 0 Å². The van der Waals surface area contributed by atoms with Crippen molar-refractivity contribution >= 4 is 29.4 Å². The molecule has 0 N–H and O–H groups in total. The van der Waals surface area contributed by atoms with Gasteiger partial charge in [0, 0.05) is 18.9 Å². The van der Waals surface area contributed by atoms with Gasteiger partial charge < -0.3 is 9.47 Å². The highest BCUT2D eigenvalue weighted by Crippen LogP contribution is 2.21. The van der Waals surface area contributed by atoms with Gasteiger partial charge in [-0.2, -0.15) is 0 Å². The molecule has 0 atom stereocenters. The number of carbonyl (C=O) groups is 1. The molecule has 1 fully saturated rings. The highest BCUT2D eigenvalue weighted by Gasteiger charge is 2.32. The van der Waals surface area contributed by atoms with E-state index in [1.807, 2.05) is 36.4 Å². The van der Waals surface area contributed by atoms with Crippen molar-refractivity contribution in [3.8, 4) is 5.75 Å². The Kier molecular flexibility index (Phi) is 4.86. The van der Waals surface area contributed by atoms with Gasteiger partial charge in [0.2, 0.25) is 0 Å². The zero-order valence-corrected chi connectivity index (χ0v) is 14.0. The van der Waals surface area contributed by atoms with Crippen molar-refractivity contribution < 1.29 is 14.3 Å². The van der Waals surface area contributed by atoms with Crippen LogP contribution in [0.15, 0.2) is 54.6 Å². The summed E-state index contributed by atoms with van der Waals surface area (Å²) < 4.78 is 10.6. The van der Waals surface area contributed by atoms with Crippen LogP contribution in [-0.4, -0.2) is 34.6 Å². The molecule has 1 aliphatic rings. The highest BCUT2D eigenvalue weighted by molar-refractivity contribution is 7.80. The maximum Gasteiger partial charge on any atom is 0.297 e. The average molecular weight is 340 g/mol. The van der Waals surface area contributed by atoms with Crippen LogP contribution in [0.2, 0.25) is 0 Å².